The number of H-pyrrole nitrogens is 1. The number of aromatic nitrogens is 2. The molecule has 10 heteroatoms. The van der Waals surface area contributed by atoms with E-state index in [4.69, 9.17) is 4.74 Å². The molecule has 0 spiro atoms. The van der Waals surface area contributed by atoms with Crippen LogP contribution >= 0.6 is 12.4 Å². The van der Waals surface area contributed by atoms with E-state index in [1.165, 1.54) is 0 Å². The van der Waals surface area contributed by atoms with Crippen LogP contribution in [0.3, 0.4) is 0 Å². The van der Waals surface area contributed by atoms with Gasteiger partial charge in [-0.15, -0.1) is 12.4 Å². The van der Waals surface area contributed by atoms with Gasteiger partial charge in [0, 0.05) is 31.2 Å². The number of hydrogen-bond donors (Lipinski definition) is 2. The minimum absolute atomic E-state index is 0. The first-order valence-electron chi connectivity index (χ1n) is 8.12. The number of hydrogen-bond acceptors (Lipinski definition) is 4. The van der Waals surface area contributed by atoms with Gasteiger partial charge in [-0.25, -0.2) is 0 Å². The summed E-state index contributed by atoms with van der Waals surface area (Å²) in [7, 11) is 0. The summed E-state index contributed by atoms with van der Waals surface area (Å²) in [6.07, 6.45) is -3.19. The van der Waals surface area contributed by atoms with Crippen molar-refractivity contribution in [2.75, 3.05) is 26.2 Å². The van der Waals surface area contributed by atoms with Crippen LogP contribution in [0, 0.1) is 0 Å². The molecule has 0 aliphatic carbocycles. The van der Waals surface area contributed by atoms with E-state index >= 15 is 0 Å². The highest BCUT2D eigenvalue weighted by Crippen LogP contribution is 2.32. The fourth-order valence-corrected chi connectivity index (χ4v) is 3.33. The summed E-state index contributed by atoms with van der Waals surface area (Å²) in [4.78, 5) is 14.4. The molecule has 3 rings (SSSR count). The molecule has 0 bridgehead atoms. The van der Waals surface area contributed by atoms with Gasteiger partial charge in [0.05, 0.1) is 12.7 Å². The Morgan fingerprint density at radius 2 is 2.20 bits per heavy atom. The maximum atomic E-state index is 12.7. The molecule has 1 aromatic rings. The highest BCUT2D eigenvalue weighted by atomic mass is 35.5. The van der Waals surface area contributed by atoms with Gasteiger partial charge in [0.1, 0.15) is 6.04 Å². The van der Waals surface area contributed by atoms with Gasteiger partial charge in [0.15, 0.2) is 5.69 Å². The van der Waals surface area contributed by atoms with Gasteiger partial charge in [0.2, 0.25) is 5.91 Å². The number of ether oxygens (including phenoxy) is 1. The van der Waals surface area contributed by atoms with Gasteiger partial charge in [0.25, 0.3) is 0 Å². The first kappa shape index (κ1) is 20.0. The van der Waals surface area contributed by atoms with Crippen molar-refractivity contribution in [2.45, 2.75) is 44.0 Å². The molecule has 25 heavy (non-hydrogen) atoms. The topological polar surface area (TPSA) is 70.2 Å². The summed E-state index contributed by atoms with van der Waals surface area (Å²) >= 11 is 0. The molecular formula is C15H22ClF3N4O2. The summed E-state index contributed by atoms with van der Waals surface area (Å²) < 4.78 is 43.6. The number of nitrogens with one attached hydrogen (secondary N) is 2. The minimum Gasteiger partial charge on any atom is -0.375 e. The molecule has 1 aromatic heterocycles. The lowest BCUT2D eigenvalue weighted by atomic mass is 9.93. The summed E-state index contributed by atoms with van der Waals surface area (Å²) in [5.74, 6) is -0.214. The van der Waals surface area contributed by atoms with Crippen LogP contribution < -0.4 is 5.32 Å². The Bertz CT molecular complexity index is 596. The van der Waals surface area contributed by atoms with Gasteiger partial charge in [-0.1, -0.05) is 0 Å². The normalized spacial score (nSPS) is 27.7. The quantitative estimate of drug-likeness (QED) is 0.820. The van der Waals surface area contributed by atoms with E-state index < -0.39 is 17.9 Å². The Labute approximate surface area is 149 Å². The molecule has 142 valence electrons. The number of carbonyl (C=O) groups excluding carboxylic acids is 1. The molecule has 0 radical (unpaired) electrons. The number of morpholine rings is 1. The Morgan fingerprint density at radius 3 is 2.84 bits per heavy atom. The van der Waals surface area contributed by atoms with E-state index in [1.54, 1.807) is 4.90 Å². The molecule has 2 fully saturated rings. The van der Waals surface area contributed by atoms with Crippen molar-refractivity contribution in [2.24, 2.45) is 0 Å². The largest absolute Gasteiger partial charge is 0.435 e. The molecule has 2 N–H and O–H groups in total. The smallest absolute Gasteiger partial charge is 0.375 e. The summed E-state index contributed by atoms with van der Waals surface area (Å²) in [6, 6.07) is 0.647. The lowest BCUT2D eigenvalue weighted by molar-refractivity contribution is -0.142. The average Bonchev–Trinajstić information content (AvgIpc) is 3.05. The van der Waals surface area contributed by atoms with Crippen molar-refractivity contribution >= 4 is 18.3 Å². The zero-order chi connectivity index (χ0) is 17.3. The molecule has 2 aliphatic heterocycles. The number of nitrogens with zero attached hydrogens (tertiary/aromatic N) is 2. The van der Waals surface area contributed by atoms with E-state index in [0.717, 1.165) is 18.9 Å². The molecule has 0 aromatic carbocycles. The minimum atomic E-state index is -4.46. The highest BCUT2D eigenvalue weighted by Gasteiger charge is 2.37. The third-order valence-corrected chi connectivity index (χ3v) is 4.64. The van der Waals surface area contributed by atoms with Gasteiger partial charge < -0.3 is 15.0 Å². The van der Waals surface area contributed by atoms with Crippen LogP contribution in [0.15, 0.2) is 6.07 Å². The van der Waals surface area contributed by atoms with Crippen LogP contribution in [-0.4, -0.2) is 59.4 Å². The van der Waals surface area contributed by atoms with E-state index in [1.807, 2.05) is 6.92 Å². The molecule has 3 atom stereocenters. The van der Waals surface area contributed by atoms with Crippen molar-refractivity contribution in [3.05, 3.63) is 17.5 Å². The van der Waals surface area contributed by atoms with Crippen LogP contribution in [0.2, 0.25) is 0 Å². The first-order chi connectivity index (χ1) is 11.4. The first-order valence-corrected chi connectivity index (χ1v) is 8.12. The SMILES string of the molecule is C[C@H]1OCCN[C@@H]1C(=O)N1CCCC(c2cc(C(F)(F)F)n[nH]2)C1.Cl. The molecule has 1 unspecified atom stereocenters. The number of amides is 1. The van der Waals surface area contributed by atoms with Crippen LogP contribution in [0.1, 0.15) is 37.1 Å². The van der Waals surface area contributed by atoms with Crippen molar-refractivity contribution in [1.29, 1.82) is 0 Å². The van der Waals surface area contributed by atoms with Crippen molar-refractivity contribution < 1.29 is 22.7 Å². The van der Waals surface area contributed by atoms with Crippen molar-refractivity contribution in [1.82, 2.24) is 20.4 Å². The number of carbonyl (C=O) groups is 1. The number of rotatable bonds is 2. The van der Waals surface area contributed by atoms with Crippen LogP contribution in [0.4, 0.5) is 13.2 Å². The maximum Gasteiger partial charge on any atom is 0.435 e. The number of alkyl halides is 3. The lowest BCUT2D eigenvalue weighted by Gasteiger charge is -2.37. The van der Waals surface area contributed by atoms with Gasteiger partial charge in [-0.05, 0) is 25.8 Å². The zero-order valence-electron chi connectivity index (χ0n) is 13.8. The second-order valence-corrected chi connectivity index (χ2v) is 6.34. The number of piperidine rings is 1. The predicted molar refractivity (Wildman–Crippen MR) is 86.6 cm³/mol. The standard InChI is InChI=1S/C15H21F3N4O2.ClH/c1-9-13(19-4-6-24-9)14(23)22-5-2-3-10(8-22)11-7-12(21-20-11)15(16,17)18;/h7,9-10,13,19H,2-6,8H2,1H3,(H,20,21);1H/t9-,10?,13+;/m1./s1. The fraction of sp³-hybridized carbons (Fsp3) is 0.733. The predicted octanol–water partition coefficient (Wildman–Crippen LogP) is 1.93. The number of halogens is 4. The maximum absolute atomic E-state index is 12.7. The van der Waals surface area contributed by atoms with Gasteiger partial charge in [-0.3, -0.25) is 9.89 Å². The Balaban J connectivity index is 0.00000225. The molecular weight excluding hydrogens is 361 g/mol. The summed E-state index contributed by atoms with van der Waals surface area (Å²) in [6.45, 7) is 4.04. The van der Waals surface area contributed by atoms with Crippen LogP contribution in [-0.2, 0) is 15.7 Å². The molecule has 1 amide bonds. The summed E-state index contributed by atoms with van der Waals surface area (Å²) in [5, 5.41) is 8.99. The third-order valence-electron chi connectivity index (χ3n) is 4.64. The fourth-order valence-electron chi connectivity index (χ4n) is 3.33. The average molecular weight is 383 g/mol. The second-order valence-electron chi connectivity index (χ2n) is 6.34. The van der Waals surface area contributed by atoms with Gasteiger partial charge >= 0.3 is 6.18 Å². The zero-order valence-corrected chi connectivity index (χ0v) is 14.6. The Hall–Kier alpha value is -1.32. The van der Waals surface area contributed by atoms with Crippen LogP contribution in [0.5, 0.6) is 0 Å². The summed E-state index contributed by atoms with van der Waals surface area (Å²) in [5.41, 5.74) is -0.488. The lowest BCUT2D eigenvalue weighted by Crippen LogP contribution is -2.57. The molecule has 2 aliphatic rings. The number of likely N-dealkylation sites (tertiary alicyclic amines) is 1. The van der Waals surface area contributed by atoms with Gasteiger partial charge in [-0.2, -0.15) is 18.3 Å². The van der Waals surface area contributed by atoms with Crippen molar-refractivity contribution in [3.8, 4) is 0 Å². The van der Waals surface area contributed by atoms with Crippen LogP contribution in [0.25, 0.3) is 0 Å². The molecule has 3 heterocycles. The molecule has 2 saturated heterocycles. The monoisotopic (exact) mass is 382 g/mol. The second kappa shape index (κ2) is 7.92. The Morgan fingerprint density at radius 1 is 1.44 bits per heavy atom. The molecule has 6 nitrogen and oxygen atoms in total. The van der Waals surface area contributed by atoms with E-state index in [0.29, 0.717) is 31.9 Å². The van der Waals surface area contributed by atoms with E-state index in [2.05, 4.69) is 15.5 Å². The van der Waals surface area contributed by atoms with Crippen molar-refractivity contribution in [3.63, 3.8) is 0 Å². The van der Waals surface area contributed by atoms with E-state index in [9.17, 15) is 18.0 Å². The van der Waals surface area contributed by atoms with E-state index in [-0.39, 0.29) is 30.3 Å². The third kappa shape index (κ3) is 4.45. The highest BCUT2D eigenvalue weighted by molar-refractivity contribution is 5.85. The Kier molecular flexibility index (Phi) is 6.34. The number of aromatic amines is 1. The molecule has 0 saturated carbocycles.